The summed E-state index contributed by atoms with van der Waals surface area (Å²) in [4.78, 5) is 64.6. The second kappa shape index (κ2) is 11.2. The molecule has 0 aromatic carbocycles. The van der Waals surface area contributed by atoms with Gasteiger partial charge in [-0.15, -0.1) is 0 Å². The minimum Gasteiger partial charge on any atom is -0.780 e. The van der Waals surface area contributed by atoms with Crippen LogP contribution in [0.1, 0.15) is 18.9 Å². The standard InChI is InChI=1S/C20H25N7O12P2S/c1-33-15-14-11(37-19(15)26-3-2-12(28)25-20(26)29)6-34-40(30,31)38-10-4-9(5-35-41(32,42)39-14)36-18(10)27-8-24-13-16(21)22-7-23-17(13)27/h2-3,7-11,14-15,18-19H,4-6H2,1H3,(H,30,31)(H,32,42)(H2,21,22,23)(H,25,28,29)/p-2/t9-,10+,11+,14+,15+,18+,19+,41?/m0/s1. The van der Waals surface area contributed by atoms with Gasteiger partial charge in [0.25, 0.3) is 13.4 Å². The zero-order valence-electron chi connectivity index (χ0n) is 21.5. The van der Waals surface area contributed by atoms with Crippen molar-refractivity contribution >= 4 is 43.3 Å². The summed E-state index contributed by atoms with van der Waals surface area (Å²) in [6.45, 7) is -5.39. The SMILES string of the molecule is CO[C@@H]1[C@@H]2OP([O-])(=S)OC[C@@H]3C[C@@H](OP(=O)([O-])OC[C@H]2O[C@H]1n1ccc(=O)[nH]c1=O)[C@H](n1cnc2c(N)ncnc21)O3. The third-order valence-corrected chi connectivity index (χ3v) is 9.36. The maximum Gasteiger partial charge on any atom is 0.330 e. The largest absolute Gasteiger partial charge is 0.780 e. The highest BCUT2D eigenvalue weighted by molar-refractivity contribution is 8.06. The van der Waals surface area contributed by atoms with Crippen LogP contribution in [-0.4, -0.2) is 79.9 Å². The maximum atomic E-state index is 13.3. The van der Waals surface area contributed by atoms with E-state index in [0.29, 0.717) is 0 Å². The highest BCUT2D eigenvalue weighted by atomic mass is 32.5. The lowest BCUT2D eigenvalue weighted by Gasteiger charge is -2.35. The number of anilines is 1. The van der Waals surface area contributed by atoms with Gasteiger partial charge in [-0.3, -0.25) is 23.5 Å². The lowest BCUT2D eigenvalue weighted by molar-refractivity contribution is -0.236. The van der Waals surface area contributed by atoms with Crippen LogP contribution < -0.4 is 26.8 Å². The van der Waals surface area contributed by atoms with Crippen molar-refractivity contribution in [3.8, 4) is 0 Å². The first-order valence-electron chi connectivity index (χ1n) is 12.3. The number of aromatic nitrogens is 6. The van der Waals surface area contributed by atoms with Gasteiger partial charge in [0.05, 0.1) is 25.6 Å². The highest BCUT2D eigenvalue weighted by Crippen LogP contribution is 2.51. The summed E-state index contributed by atoms with van der Waals surface area (Å²) in [5.41, 5.74) is 4.87. The molecule has 3 aliphatic heterocycles. The number of hydrogen-bond acceptors (Lipinski definition) is 17. The first kappa shape index (κ1) is 29.6. The number of nitrogens with two attached hydrogens (primary N) is 1. The molecular formula is C20H23N7O12P2S-2. The molecular weight excluding hydrogens is 624 g/mol. The van der Waals surface area contributed by atoms with E-state index in [9.17, 15) is 23.9 Å². The Morgan fingerprint density at radius 2 is 1.90 bits per heavy atom. The quantitative estimate of drug-likeness (QED) is 0.292. The average molecular weight is 647 g/mol. The molecule has 0 radical (unpaired) electrons. The molecule has 3 saturated heterocycles. The van der Waals surface area contributed by atoms with E-state index >= 15 is 0 Å². The summed E-state index contributed by atoms with van der Waals surface area (Å²) in [5.74, 6) is 0.0983. The molecule has 0 amide bonds. The Balaban J connectivity index is 1.31. The summed E-state index contributed by atoms with van der Waals surface area (Å²) in [6, 6.07) is 1.07. The molecule has 3 N–H and O–H groups in total. The van der Waals surface area contributed by atoms with Gasteiger partial charge in [0.1, 0.15) is 43.0 Å². The van der Waals surface area contributed by atoms with Gasteiger partial charge < -0.3 is 47.8 Å². The molecule has 0 saturated carbocycles. The van der Waals surface area contributed by atoms with Crippen LogP contribution in [0, 0.1) is 0 Å². The first-order valence-corrected chi connectivity index (χ1v) is 16.3. The van der Waals surface area contributed by atoms with E-state index in [-0.39, 0.29) is 30.0 Å². The molecule has 2 unspecified atom stereocenters. The molecule has 3 aliphatic rings. The minimum absolute atomic E-state index is 0.0446. The molecule has 0 aliphatic carbocycles. The number of imidazole rings is 1. The van der Waals surface area contributed by atoms with Crippen molar-refractivity contribution in [3.63, 3.8) is 0 Å². The van der Waals surface area contributed by atoms with Crippen molar-refractivity contribution in [1.29, 1.82) is 0 Å². The van der Waals surface area contributed by atoms with E-state index in [0.717, 1.165) is 16.8 Å². The average Bonchev–Trinajstić information content (AvgIpc) is 3.61. The molecule has 3 fully saturated rings. The maximum absolute atomic E-state index is 13.3. The number of ether oxygens (including phenoxy) is 3. The molecule has 228 valence electrons. The number of nitrogen functional groups attached to an aromatic ring is 1. The Kier molecular flexibility index (Phi) is 7.92. The van der Waals surface area contributed by atoms with E-state index in [2.05, 4.69) is 19.9 Å². The van der Waals surface area contributed by atoms with E-state index < -0.39 is 75.4 Å². The fourth-order valence-corrected chi connectivity index (χ4v) is 7.36. The van der Waals surface area contributed by atoms with Crippen molar-refractivity contribution < 1.29 is 46.7 Å². The Bertz CT molecular complexity index is 1700. The van der Waals surface area contributed by atoms with Crippen LogP contribution in [0.3, 0.4) is 0 Å². The van der Waals surface area contributed by atoms with E-state index in [1.165, 1.54) is 24.3 Å². The molecule has 3 aromatic heterocycles. The number of fused-ring (bicyclic) bond motifs is 4. The number of phosphoric ester groups is 1. The monoisotopic (exact) mass is 647 g/mol. The summed E-state index contributed by atoms with van der Waals surface area (Å²) in [6.07, 6.45) is -4.54. The molecule has 9 atom stereocenters. The summed E-state index contributed by atoms with van der Waals surface area (Å²) in [7, 11) is -3.82. The van der Waals surface area contributed by atoms with Gasteiger partial charge in [-0.1, -0.05) is 11.8 Å². The number of nitrogens with one attached hydrogen (secondary N) is 1. The number of H-pyrrole nitrogens is 1. The topological polar surface area (TPSA) is 252 Å². The second-order valence-corrected chi connectivity index (χ2v) is 13.5. The first-order chi connectivity index (χ1) is 19.9. The molecule has 3 aromatic rings. The summed E-state index contributed by atoms with van der Waals surface area (Å²) < 4.78 is 54.4. The zero-order valence-corrected chi connectivity index (χ0v) is 24.1. The van der Waals surface area contributed by atoms with Crippen molar-refractivity contribution in [2.75, 3.05) is 26.1 Å². The second-order valence-electron chi connectivity index (χ2n) is 9.45. The van der Waals surface area contributed by atoms with Crippen LogP contribution in [0.15, 0.2) is 34.5 Å². The Morgan fingerprint density at radius 1 is 1.10 bits per heavy atom. The lowest BCUT2D eigenvalue weighted by atomic mass is 10.1. The van der Waals surface area contributed by atoms with E-state index in [1.54, 1.807) is 0 Å². The molecule has 6 rings (SSSR count). The Morgan fingerprint density at radius 3 is 2.67 bits per heavy atom. The summed E-state index contributed by atoms with van der Waals surface area (Å²) in [5, 5.41) is 0. The van der Waals surface area contributed by atoms with Gasteiger partial charge in [-0.05, 0) is 0 Å². The van der Waals surface area contributed by atoms with Crippen molar-refractivity contribution in [1.82, 2.24) is 29.1 Å². The molecule has 6 heterocycles. The predicted molar refractivity (Wildman–Crippen MR) is 138 cm³/mol. The van der Waals surface area contributed by atoms with Crippen LogP contribution in [0.5, 0.6) is 0 Å². The molecule has 42 heavy (non-hydrogen) atoms. The fourth-order valence-electron chi connectivity index (χ4n) is 5.01. The normalized spacial score (nSPS) is 37.5. The van der Waals surface area contributed by atoms with Crippen LogP contribution in [-0.2, 0) is 48.7 Å². The van der Waals surface area contributed by atoms with Gasteiger partial charge in [-0.25, -0.2) is 19.7 Å². The third-order valence-electron chi connectivity index (χ3n) is 6.82. The number of methoxy groups -OCH3 is 1. The van der Waals surface area contributed by atoms with Gasteiger partial charge in [0, 0.05) is 25.8 Å². The number of rotatable bonds is 3. The highest BCUT2D eigenvalue weighted by Gasteiger charge is 2.49. The van der Waals surface area contributed by atoms with Gasteiger partial charge >= 0.3 is 5.69 Å². The molecule has 19 nitrogen and oxygen atoms in total. The minimum atomic E-state index is -5.07. The fraction of sp³-hybridized carbons (Fsp3) is 0.550. The lowest BCUT2D eigenvalue weighted by Crippen LogP contribution is -2.40. The zero-order chi connectivity index (χ0) is 29.8. The van der Waals surface area contributed by atoms with E-state index in [1.807, 2.05) is 0 Å². The van der Waals surface area contributed by atoms with Crippen LogP contribution >= 0.6 is 14.5 Å². The number of nitrogens with zero attached hydrogens (tertiary/aromatic N) is 5. The van der Waals surface area contributed by atoms with Gasteiger partial charge in [0.2, 0.25) is 0 Å². The molecule has 0 spiro atoms. The Hall–Kier alpha value is -2.45. The Labute approximate surface area is 240 Å². The van der Waals surface area contributed by atoms with E-state index in [4.69, 9.17) is 49.8 Å². The van der Waals surface area contributed by atoms with Crippen molar-refractivity contribution in [2.45, 2.75) is 49.4 Å². The van der Waals surface area contributed by atoms with Crippen LogP contribution in [0.2, 0.25) is 0 Å². The van der Waals surface area contributed by atoms with Crippen LogP contribution in [0.4, 0.5) is 5.82 Å². The molecule has 2 bridgehead atoms. The summed E-state index contributed by atoms with van der Waals surface area (Å²) >= 11 is 5.12. The number of aromatic amines is 1. The predicted octanol–water partition coefficient (Wildman–Crippen LogP) is -1.97. The number of hydrogen-bond donors (Lipinski definition) is 2. The number of phosphoric acid groups is 1. The van der Waals surface area contributed by atoms with Crippen molar-refractivity contribution in [2.24, 2.45) is 0 Å². The van der Waals surface area contributed by atoms with Crippen molar-refractivity contribution in [3.05, 3.63) is 45.8 Å². The van der Waals surface area contributed by atoms with Gasteiger partial charge in [-0.2, -0.15) is 0 Å². The van der Waals surface area contributed by atoms with Gasteiger partial charge in [0.15, 0.2) is 23.9 Å². The molecule has 22 heteroatoms. The smallest absolute Gasteiger partial charge is 0.330 e. The van der Waals surface area contributed by atoms with Crippen LogP contribution in [0.25, 0.3) is 11.2 Å². The third kappa shape index (κ3) is 5.73.